The second kappa shape index (κ2) is 48.6. The van der Waals surface area contributed by atoms with Gasteiger partial charge in [-0.15, -0.1) is 13.2 Å². The van der Waals surface area contributed by atoms with E-state index in [1.807, 2.05) is 376 Å². The van der Waals surface area contributed by atoms with Crippen LogP contribution in [0.3, 0.4) is 0 Å². The van der Waals surface area contributed by atoms with Gasteiger partial charge >= 0.3 is 0 Å². The van der Waals surface area contributed by atoms with E-state index in [0.29, 0.717) is 157 Å². The molecule has 144 heavy (non-hydrogen) atoms. The topological polar surface area (TPSA) is 151 Å². The quantitative estimate of drug-likeness (QED) is 0.0262. The minimum Gasteiger partial charge on any atom is -0.489 e. The molecule has 1 aromatic heterocycles. The van der Waals surface area contributed by atoms with Gasteiger partial charge in [0.05, 0.1) is 25.2 Å². The lowest BCUT2D eigenvalue weighted by Crippen LogP contribution is -2.67. The largest absolute Gasteiger partial charge is 0.489 e. The van der Waals surface area contributed by atoms with E-state index in [2.05, 4.69) is 55.6 Å². The first-order valence-corrected chi connectivity index (χ1v) is 49.2. The van der Waals surface area contributed by atoms with Crippen molar-refractivity contribution in [3.8, 4) is 80.5 Å². The van der Waals surface area contributed by atoms with Crippen molar-refractivity contribution in [3.63, 3.8) is 0 Å². The van der Waals surface area contributed by atoms with Gasteiger partial charge in [-0.3, -0.25) is 4.98 Å². The highest BCUT2D eigenvalue weighted by molar-refractivity contribution is 5.82. The van der Waals surface area contributed by atoms with Gasteiger partial charge in [0.15, 0.2) is 0 Å². The van der Waals surface area contributed by atoms with E-state index < -0.39 is 0 Å². The summed E-state index contributed by atoms with van der Waals surface area (Å²) in [6.07, 6.45) is 7.57. The van der Waals surface area contributed by atoms with Crippen molar-refractivity contribution in [1.29, 1.82) is 0 Å². The van der Waals surface area contributed by atoms with Crippen LogP contribution < -0.4 is 66.3 Å². The normalized spacial score (nSPS) is 14.7. The first-order valence-electron chi connectivity index (χ1n) is 49.2. The van der Waals surface area contributed by atoms with Crippen LogP contribution in [0.25, 0.3) is 10.9 Å². The lowest BCUT2D eigenvalue weighted by atomic mass is 9.71. The Morgan fingerprint density at radius 1 is 0.264 bits per heavy atom. The summed E-state index contributed by atoms with van der Waals surface area (Å²) in [6.45, 7) is 15.0. The number of nitrogens with zero attached hydrogens (tertiary/aromatic N) is 2. The molecule has 0 unspecified atom stereocenters. The average Bonchev–Trinajstić information content (AvgIpc) is 0.728. The minimum absolute atomic E-state index is 0.0211. The fourth-order valence-corrected chi connectivity index (χ4v) is 18.8. The number of aromatic nitrogens is 1. The molecule has 3 aliphatic rings. The van der Waals surface area contributed by atoms with Crippen molar-refractivity contribution >= 4 is 10.9 Å². The van der Waals surface area contributed by atoms with Crippen LogP contribution in [-0.2, 0) is 104 Å². The fraction of sp³-hybridized carbons (Fsp3) is 0.189. The minimum atomic E-state index is -0.311. The molecule has 17 nitrogen and oxygen atoms in total. The molecule has 3 aliphatic heterocycles. The third-order valence-electron chi connectivity index (χ3n) is 25.9. The van der Waals surface area contributed by atoms with E-state index in [9.17, 15) is 0 Å². The Bertz CT molecular complexity index is 6120. The highest BCUT2D eigenvalue weighted by atomic mass is 16.5. The molecule has 0 aliphatic carbocycles. The van der Waals surface area contributed by atoms with Crippen LogP contribution in [0.5, 0.6) is 80.5 Å². The van der Waals surface area contributed by atoms with Crippen LogP contribution in [0.15, 0.2) is 432 Å². The van der Waals surface area contributed by atoms with Crippen molar-refractivity contribution in [3.05, 3.63) is 521 Å². The third-order valence-corrected chi connectivity index (χ3v) is 25.9. The Morgan fingerprint density at radius 3 is 0.736 bits per heavy atom. The van der Waals surface area contributed by atoms with Crippen molar-refractivity contribution < 1.29 is 75.5 Å². The molecule has 0 N–H and O–H groups in total. The molecule has 4 heterocycles. The van der Waals surface area contributed by atoms with Gasteiger partial charge in [-0.1, -0.05) is 273 Å². The Balaban J connectivity index is 0.674. The first-order chi connectivity index (χ1) is 71.0. The van der Waals surface area contributed by atoms with E-state index in [1.165, 1.54) is 0 Å². The van der Waals surface area contributed by atoms with Gasteiger partial charge in [0, 0.05) is 78.4 Å². The summed E-state index contributed by atoms with van der Waals surface area (Å²) in [5.74, 6) is 9.04. The number of rotatable bonds is 50. The number of benzene rings is 16. The standard InChI is InChI=1S/C127H117N2O15/c1-3-53-130-127(124-49-51-128-125-48-30-29-47-123(124)125)126-68-108-50-52-129(126,77-107(108)4-2)76-100-54-109(139-86-105-64-119(141-88-101-56-111(131-78-92-31-13-5-14-32-92)70-112(57-101)132-79-93-33-15-6-16-34-93)74-120(65-105)142-89-102-58-113(133-80-94-35-17-7-18-36-94)71-114(59-102)134-81-95-37-19-8-20-38-95)69-110(55-100)140-87-106-66-121(143-90-103-60-115(135-82-96-39-21-9-22-40-96)72-116(61-103)136-83-97-41-23-10-24-42-97)75-122(67-106)144-91-104-62-117(137-84-98-43-25-11-26-44-98)73-118(63-104)138-85-99-45-27-12-28-46-99/h3-49,51,54-67,69-75,107-108,126-127H,1-2,50,52-53,68,76-91H2/q+1/t107-,108-,126-,127+,129+/m0/s1. The summed E-state index contributed by atoms with van der Waals surface area (Å²) in [4.78, 5) is 4.86. The van der Waals surface area contributed by atoms with Gasteiger partial charge in [-0.05, 0) is 186 Å². The van der Waals surface area contributed by atoms with E-state index >= 15 is 0 Å². The van der Waals surface area contributed by atoms with E-state index in [0.717, 1.165) is 126 Å². The zero-order valence-electron chi connectivity index (χ0n) is 80.7. The number of pyridine rings is 1. The van der Waals surface area contributed by atoms with E-state index in [4.69, 9.17) is 76.0 Å². The van der Waals surface area contributed by atoms with Gasteiger partial charge in [0.25, 0.3) is 0 Å². The molecule has 0 radical (unpaired) electrons. The van der Waals surface area contributed by atoms with Gasteiger partial charge in [-0.25, -0.2) is 0 Å². The average molecular weight is 1910 g/mol. The Hall–Kier alpha value is -16.5. The first kappa shape index (κ1) is 96.4. The molecular weight excluding hydrogens is 1790 g/mol. The molecule has 724 valence electrons. The van der Waals surface area contributed by atoms with Crippen LogP contribution in [0.2, 0.25) is 0 Å². The number of para-hydroxylation sites is 1. The predicted octanol–water partition coefficient (Wildman–Crippen LogP) is 28.2. The maximum absolute atomic E-state index is 7.30. The number of ether oxygens (including phenoxy) is 15. The molecule has 2 bridgehead atoms. The zero-order chi connectivity index (χ0) is 97.5. The summed E-state index contributed by atoms with van der Waals surface area (Å²) in [5.41, 5.74) is 16.1. The van der Waals surface area contributed by atoms with Crippen LogP contribution in [0, 0.1) is 11.8 Å². The summed E-state index contributed by atoms with van der Waals surface area (Å²) >= 11 is 0. The van der Waals surface area contributed by atoms with Gasteiger partial charge in [0.2, 0.25) is 0 Å². The molecule has 3 saturated heterocycles. The summed E-state index contributed by atoms with van der Waals surface area (Å²) in [6, 6.07) is 133. The molecule has 17 heteroatoms. The van der Waals surface area contributed by atoms with Crippen LogP contribution in [0.4, 0.5) is 0 Å². The van der Waals surface area contributed by atoms with Gasteiger partial charge in [-0.2, -0.15) is 0 Å². The van der Waals surface area contributed by atoms with Crippen LogP contribution >= 0.6 is 0 Å². The van der Waals surface area contributed by atoms with E-state index in [-0.39, 0.29) is 57.7 Å². The lowest BCUT2D eigenvalue weighted by molar-refractivity contribution is -0.985. The second-order valence-corrected chi connectivity index (χ2v) is 36.6. The molecule has 17 aromatic rings. The van der Waals surface area contributed by atoms with Crippen molar-refractivity contribution in [2.24, 2.45) is 11.8 Å². The fourth-order valence-electron chi connectivity index (χ4n) is 18.8. The Labute approximate surface area is 843 Å². The molecule has 0 spiro atoms. The van der Waals surface area contributed by atoms with Gasteiger partial charge < -0.3 is 75.5 Å². The highest BCUT2D eigenvalue weighted by Crippen LogP contribution is 2.50. The maximum atomic E-state index is 7.30. The van der Waals surface area contributed by atoms with Gasteiger partial charge in [0.1, 0.15) is 192 Å². The number of fused-ring (bicyclic) bond motifs is 4. The molecular formula is C127H117N2O15+. The Morgan fingerprint density at radius 2 is 0.493 bits per heavy atom. The summed E-state index contributed by atoms with van der Waals surface area (Å²) < 4.78 is 103. The number of hydrogen-bond donors (Lipinski definition) is 0. The van der Waals surface area contributed by atoms with Crippen LogP contribution in [-0.4, -0.2) is 35.2 Å². The maximum Gasteiger partial charge on any atom is 0.135 e. The smallest absolute Gasteiger partial charge is 0.135 e. The monoisotopic (exact) mass is 1910 g/mol. The van der Waals surface area contributed by atoms with Crippen LogP contribution in [0.1, 0.15) is 108 Å². The summed E-state index contributed by atoms with van der Waals surface area (Å²) in [7, 11) is 0. The van der Waals surface area contributed by atoms with Crippen molar-refractivity contribution in [2.75, 3.05) is 19.7 Å². The molecule has 0 saturated carbocycles. The highest BCUT2D eigenvalue weighted by Gasteiger charge is 2.55. The van der Waals surface area contributed by atoms with Crippen molar-refractivity contribution in [1.82, 2.24) is 4.98 Å². The molecule has 20 rings (SSSR count). The number of hydrogen-bond acceptors (Lipinski definition) is 16. The molecule has 16 aromatic carbocycles. The number of quaternary nitrogens is 1. The molecule has 3 fully saturated rings. The predicted molar refractivity (Wildman–Crippen MR) is 562 cm³/mol. The Kier molecular flexibility index (Phi) is 32.5. The van der Waals surface area contributed by atoms with E-state index in [1.54, 1.807) is 0 Å². The molecule has 0 amide bonds. The third kappa shape index (κ3) is 27.4. The van der Waals surface area contributed by atoms with Crippen molar-refractivity contribution in [2.45, 2.75) is 124 Å². The molecule has 5 atom stereocenters. The SMILES string of the molecule is C=CCO[C@H](c1ccnc2ccccc12)[C@@H]1C[C@@H]2CC[N@@+]1(Cc1cc(OCc3cc(OCc4cc(OCc5ccccc5)cc(OCc5ccccc5)c4)cc(OCc4cc(OCc5ccccc5)cc(OCc5ccccc5)c4)c3)cc(OCc3cc(OCc4cc(OCc5ccccc5)cc(OCc5ccccc5)c4)cc(OCc4cc(OCc5ccccc5)cc(OCc5ccccc5)c4)c3)c1)C[C@@H]2C=C. The zero-order valence-corrected chi connectivity index (χ0v) is 80.7. The lowest BCUT2D eigenvalue weighted by Gasteiger charge is -2.58. The summed E-state index contributed by atoms with van der Waals surface area (Å²) in [5, 5.41) is 1.06. The second-order valence-electron chi connectivity index (χ2n) is 36.6. The number of piperidine rings is 3.